The zero-order valence-corrected chi connectivity index (χ0v) is 18.2. The van der Waals surface area contributed by atoms with Crippen LogP contribution in [0.5, 0.6) is 0 Å². The largest absolute Gasteiger partial charge is 0.371 e. The molecule has 0 radical (unpaired) electrons. The Hall–Kier alpha value is -3.06. The number of carbonyl (C=O) groups is 2. The van der Waals surface area contributed by atoms with Gasteiger partial charge in [0.05, 0.1) is 10.7 Å². The molecule has 2 aromatic heterocycles. The summed E-state index contributed by atoms with van der Waals surface area (Å²) in [5.74, 6) is -0.400. The van der Waals surface area contributed by atoms with Crippen molar-refractivity contribution in [2.45, 2.75) is 32.7 Å². The summed E-state index contributed by atoms with van der Waals surface area (Å²) in [6, 6.07) is 11.7. The van der Waals surface area contributed by atoms with E-state index < -0.39 is 0 Å². The van der Waals surface area contributed by atoms with Crippen LogP contribution in [0.4, 0.5) is 5.69 Å². The van der Waals surface area contributed by atoms with E-state index in [1.807, 2.05) is 25.1 Å². The Labute approximate surface area is 186 Å². The number of hydrogen-bond donors (Lipinski definition) is 2. The van der Waals surface area contributed by atoms with Crippen LogP contribution in [0.1, 0.15) is 41.5 Å². The van der Waals surface area contributed by atoms with Gasteiger partial charge in [-0.3, -0.25) is 14.0 Å². The number of pyridine rings is 1. The van der Waals surface area contributed by atoms with Crippen molar-refractivity contribution in [1.82, 2.24) is 14.7 Å². The minimum Gasteiger partial charge on any atom is -0.371 e. The highest BCUT2D eigenvalue weighted by atomic mass is 35.5. The van der Waals surface area contributed by atoms with Gasteiger partial charge in [0, 0.05) is 37.4 Å². The molecule has 3 heterocycles. The van der Waals surface area contributed by atoms with Crippen LogP contribution in [0.15, 0.2) is 42.6 Å². The fourth-order valence-corrected chi connectivity index (χ4v) is 4.23. The van der Waals surface area contributed by atoms with Crippen LogP contribution in [0.25, 0.3) is 5.65 Å². The number of nitrogens with zero attached hydrogens (tertiary/aromatic N) is 3. The number of nitrogens with one attached hydrogen (secondary N) is 1. The molecule has 0 saturated carbocycles. The molecule has 0 atom stereocenters. The number of rotatable bonds is 6. The quantitative estimate of drug-likeness (QED) is 0.616. The van der Waals surface area contributed by atoms with Crippen molar-refractivity contribution in [2.75, 3.05) is 18.0 Å². The van der Waals surface area contributed by atoms with Crippen LogP contribution in [0, 0.1) is 5.92 Å². The van der Waals surface area contributed by atoms with E-state index in [9.17, 15) is 9.59 Å². The lowest BCUT2D eigenvalue weighted by Gasteiger charge is -2.32. The van der Waals surface area contributed by atoms with E-state index in [1.165, 1.54) is 0 Å². The highest BCUT2D eigenvalue weighted by Crippen LogP contribution is 2.23. The summed E-state index contributed by atoms with van der Waals surface area (Å²) >= 11 is 6.12. The first kappa shape index (κ1) is 21.2. The summed E-state index contributed by atoms with van der Waals surface area (Å²) in [5, 5.41) is 3.55. The fraction of sp³-hybridized carbons (Fsp3) is 0.348. The molecule has 4 rings (SSSR count). The van der Waals surface area contributed by atoms with Crippen LogP contribution in [-0.2, 0) is 17.8 Å². The molecule has 1 fully saturated rings. The Morgan fingerprint density at radius 2 is 1.87 bits per heavy atom. The number of carbonyl (C=O) groups excluding carboxylic acids is 2. The molecule has 162 valence electrons. The molecule has 0 bridgehead atoms. The third-order valence-electron chi connectivity index (χ3n) is 5.86. The average Bonchev–Trinajstić information content (AvgIpc) is 3.15. The Kier molecular flexibility index (Phi) is 6.13. The lowest BCUT2D eigenvalue weighted by molar-refractivity contribution is -0.122. The normalized spacial score (nSPS) is 14.7. The van der Waals surface area contributed by atoms with E-state index in [-0.39, 0.29) is 17.7 Å². The van der Waals surface area contributed by atoms with E-state index in [1.54, 1.807) is 16.7 Å². The molecule has 31 heavy (non-hydrogen) atoms. The van der Waals surface area contributed by atoms with Gasteiger partial charge in [0.25, 0.3) is 5.91 Å². The fourth-order valence-electron chi connectivity index (χ4n) is 4.07. The van der Waals surface area contributed by atoms with E-state index in [0.717, 1.165) is 42.9 Å². The number of imidazole rings is 1. The average molecular weight is 440 g/mol. The van der Waals surface area contributed by atoms with Gasteiger partial charge in [0.1, 0.15) is 11.3 Å². The lowest BCUT2D eigenvalue weighted by atomic mass is 9.96. The van der Waals surface area contributed by atoms with Crippen molar-refractivity contribution in [1.29, 1.82) is 0 Å². The van der Waals surface area contributed by atoms with Gasteiger partial charge < -0.3 is 16.0 Å². The second-order valence-electron chi connectivity index (χ2n) is 7.85. The molecule has 1 saturated heterocycles. The maximum Gasteiger partial charge on any atom is 0.270 e. The summed E-state index contributed by atoms with van der Waals surface area (Å²) in [5.41, 5.74) is 9.51. The molecule has 1 aromatic carbocycles. The number of hydrogen-bond acceptors (Lipinski definition) is 4. The molecule has 2 amide bonds. The smallest absolute Gasteiger partial charge is 0.270 e. The molecule has 0 aliphatic carbocycles. The minimum absolute atomic E-state index is 0.0201. The Balaban J connectivity index is 1.41. The number of fused-ring (bicyclic) bond motifs is 1. The topological polar surface area (TPSA) is 92.7 Å². The van der Waals surface area contributed by atoms with Crippen molar-refractivity contribution in [3.8, 4) is 0 Å². The first-order valence-corrected chi connectivity index (χ1v) is 10.9. The van der Waals surface area contributed by atoms with E-state index >= 15 is 0 Å². The summed E-state index contributed by atoms with van der Waals surface area (Å²) in [4.78, 5) is 31.1. The van der Waals surface area contributed by atoms with Gasteiger partial charge in [-0.2, -0.15) is 0 Å². The number of benzene rings is 1. The molecule has 3 N–H and O–H groups in total. The molecule has 3 aromatic rings. The van der Waals surface area contributed by atoms with Crippen LogP contribution < -0.4 is 16.0 Å². The van der Waals surface area contributed by atoms with Crippen molar-refractivity contribution in [3.63, 3.8) is 0 Å². The van der Waals surface area contributed by atoms with Gasteiger partial charge in [-0.1, -0.05) is 30.7 Å². The van der Waals surface area contributed by atoms with E-state index in [2.05, 4.69) is 27.3 Å². The molecule has 0 unspecified atom stereocenters. The number of amides is 2. The van der Waals surface area contributed by atoms with Gasteiger partial charge in [-0.05, 0) is 49.1 Å². The lowest BCUT2D eigenvalue weighted by Crippen LogP contribution is -2.38. The van der Waals surface area contributed by atoms with Gasteiger partial charge in [-0.25, -0.2) is 4.98 Å². The summed E-state index contributed by atoms with van der Waals surface area (Å²) in [6.07, 6.45) is 3.95. The first-order valence-electron chi connectivity index (χ1n) is 10.5. The van der Waals surface area contributed by atoms with Gasteiger partial charge in [-0.15, -0.1) is 0 Å². The summed E-state index contributed by atoms with van der Waals surface area (Å²) in [6.45, 7) is 4.03. The number of aromatic nitrogens is 2. The second kappa shape index (κ2) is 8.98. The van der Waals surface area contributed by atoms with Gasteiger partial charge >= 0.3 is 0 Å². The first-order chi connectivity index (χ1) is 15.0. The highest BCUT2D eigenvalue weighted by Gasteiger charge is 2.23. The zero-order chi connectivity index (χ0) is 22.0. The summed E-state index contributed by atoms with van der Waals surface area (Å²) < 4.78 is 1.75. The SMILES string of the molecule is CCc1nc2ccc(Cl)cn2c1C(=O)NCc1ccc(N2CCC(C(N)=O)CC2)cc1. The van der Waals surface area contributed by atoms with Crippen molar-refractivity contribution in [3.05, 3.63) is 64.6 Å². The monoisotopic (exact) mass is 439 g/mol. The Morgan fingerprint density at radius 1 is 1.16 bits per heavy atom. The van der Waals surface area contributed by atoms with Gasteiger partial charge in [0.2, 0.25) is 5.91 Å². The number of anilines is 1. The van der Waals surface area contributed by atoms with Crippen LogP contribution in [0.2, 0.25) is 5.02 Å². The highest BCUT2D eigenvalue weighted by molar-refractivity contribution is 6.30. The molecule has 8 heteroatoms. The second-order valence-corrected chi connectivity index (χ2v) is 8.29. The number of primary amides is 1. The van der Waals surface area contributed by atoms with Crippen LogP contribution in [0.3, 0.4) is 0 Å². The standard InChI is InChI=1S/C23H26ClN5O2/c1-2-19-21(29-14-17(24)5-8-20(29)27-19)23(31)26-13-15-3-6-18(7-4-15)28-11-9-16(10-12-28)22(25)30/h3-8,14,16H,2,9-13H2,1H3,(H2,25,30)(H,26,31). The number of aryl methyl sites for hydroxylation is 1. The Morgan fingerprint density at radius 3 is 2.52 bits per heavy atom. The molecular weight excluding hydrogens is 414 g/mol. The van der Waals surface area contributed by atoms with Crippen molar-refractivity contribution in [2.24, 2.45) is 11.7 Å². The zero-order valence-electron chi connectivity index (χ0n) is 17.5. The van der Waals surface area contributed by atoms with E-state index in [4.69, 9.17) is 17.3 Å². The maximum atomic E-state index is 12.9. The van der Waals surface area contributed by atoms with Crippen LogP contribution >= 0.6 is 11.6 Å². The molecule has 0 spiro atoms. The van der Waals surface area contributed by atoms with Crippen molar-refractivity contribution < 1.29 is 9.59 Å². The minimum atomic E-state index is -0.204. The molecular formula is C23H26ClN5O2. The predicted octanol–water partition coefficient (Wildman–Crippen LogP) is 3.18. The Bertz CT molecular complexity index is 1100. The van der Waals surface area contributed by atoms with E-state index in [0.29, 0.717) is 29.3 Å². The number of halogens is 1. The van der Waals surface area contributed by atoms with Gasteiger partial charge in [0.15, 0.2) is 0 Å². The predicted molar refractivity (Wildman–Crippen MR) is 121 cm³/mol. The van der Waals surface area contributed by atoms with Crippen molar-refractivity contribution >= 4 is 34.7 Å². The maximum absolute atomic E-state index is 12.9. The number of piperidine rings is 1. The molecule has 1 aliphatic heterocycles. The summed E-state index contributed by atoms with van der Waals surface area (Å²) in [7, 11) is 0. The third kappa shape index (κ3) is 4.51. The third-order valence-corrected chi connectivity index (χ3v) is 6.08. The molecule has 7 nitrogen and oxygen atoms in total. The molecule has 1 aliphatic rings. The van der Waals surface area contributed by atoms with Crippen LogP contribution in [-0.4, -0.2) is 34.3 Å². The number of nitrogens with two attached hydrogens (primary N) is 1.